The fourth-order valence-electron chi connectivity index (χ4n) is 3.33. The van der Waals surface area contributed by atoms with Gasteiger partial charge >= 0.3 is 6.03 Å². The maximum Gasteiger partial charge on any atom is 0.317 e. The summed E-state index contributed by atoms with van der Waals surface area (Å²) in [6.45, 7) is 6.55. The zero-order chi connectivity index (χ0) is 17.2. The molecule has 0 bridgehead atoms. The van der Waals surface area contributed by atoms with E-state index in [0.717, 1.165) is 25.2 Å². The lowest BCUT2D eigenvalue weighted by molar-refractivity contribution is 0.116. The Morgan fingerprint density at radius 2 is 2.08 bits per heavy atom. The molecule has 1 atom stereocenters. The molecule has 1 fully saturated rings. The number of nitrogens with one attached hydrogen (secondary N) is 1. The first kappa shape index (κ1) is 16.5. The van der Waals surface area contributed by atoms with Gasteiger partial charge in [-0.15, -0.1) is 5.10 Å². The number of likely N-dealkylation sites (tertiary alicyclic amines) is 1. The van der Waals surface area contributed by atoms with Crippen molar-refractivity contribution >= 4 is 6.03 Å². The molecule has 1 N–H and O–H groups in total. The molecule has 6 heteroatoms. The Balaban J connectivity index is 1.66. The van der Waals surface area contributed by atoms with Crippen LogP contribution in [0.2, 0.25) is 0 Å². The molecule has 0 radical (unpaired) electrons. The number of aryl methyl sites for hydroxylation is 1. The summed E-state index contributed by atoms with van der Waals surface area (Å²) in [7, 11) is 1.82. The molecule has 128 valence electrons. The van der Waals surface area contributed by atoms with Crippen molar-refractivity contribution in [3.63, 3.8) is 0 Å². The fraction of sp³-hybridized carbons (Fsp3) is 0.500. The molecular formula is C18H25N5O. The largest absolute Gasteiger partial charge is 0.332 e. The Morgan fingerprint density at radius 1 is 1.33 bits per heavy atom. The van der Waals surface area contributed by atoms with Gasteiger partial charge < -0.3 is 10.2 Å². The van der Waals surface area contributed by atoms with Gasteiger partial charge in [-0.2, -0.15) is 0 Å². The van der Waals surface area contributed by atoms with Crippen LogP contribution in [-0.2, 0) is 13.6 Å². The van der Waals surface area contributed by atoms with E-state index in [1.54, 1.807) is 10.9 Å². The molecule has 1 aromatic carbocycles. The normalized spacial score (nSPS) is 20.0. The van der Waals surface area contributed by atoms with Gasteiger partial charge in [0.25, 0.3) is 0 Å². The minimum absolute atomic E-state index is 0.0207. The van der Waals surface area contributed by atoms with Crippen LogP contribution in [0.25, 0.3) is 0 Å². The maximum absolute atomic E-state index is 12.6. The third-order valence-electron chi connectivity index (χ3n) is 5.09. The lowest BCUT2D eigenvalue weighted by Gasteiger charge is -2.44. The van der Waals surface area contributed by atoms with E-state index in [-0.39, 0.29) is 11.4 Å². The first-order valence-electron chi connectivity index (χ1n) is 8.38. The highest BCUT2D eigenvalue weighted by molar-refractivity contribution is 5.74. The van der Waals surface area contributed by atoms with Gasteiger partial charge in [0.2, 0.25) is 0 Å². The van der Waals surface area contributed by atoms with Crippen molar-refractivity contribution < 1.29 is 4.79 Å². The number of urea groups is 1. The number of carbonyl (C=O) groups is 1. The maximum atomic E-state index is 12.6. The van der Waals surface area contributed by atoms with Gasteiger partial charge in [0.1, 0.15) is 0 Å². The van der Waals surface area contributed by atoms with Gasteiger partial charge in [-0.25, -0.2) is 4.79 Å². The third kappa shape index (κ3) is 3.42. The molecule has 1 aromatic heterocycles. The van der Waals surface area contributed by atoms with E-state index in [2.05, 4.69) is 53.7 Å². The van der Waals surface area contributed by atoms with Crippen molar-refractivity contribution in [2.24, 2.45) is 12.5 Å². The first-order valence-corrected chi connectivity index (χ1v) is 8.38. The van der Waals surface area contributed by atoms with E-state index in [9.17, 15) is 4.79 Å². The Kier molecular flexibility index (Phi) is 4.55. The molecule has 1 aliphatic rings. The van der Waals surface area contributed by atoms with Crippen molar-refractivity contribution in [2.75, 3.05) is 13.1 Å². The number of benzene rings is 1. The van der Waals surface area contributed by atoms with Crippen LogP contribution in [0.3, 0.4) is 0 Å². The average Bonchev–Trinajstić information content (AvgIpc) is 2.98. The third-order valence-corrected chi connectivity index (χ3v) is 5.09. The smallest absolute Gasteiger partial charge is 0.317 e. The van der Waals surface area contributed by atoms with Crippen molar-refractivity contribution in [3.8, 4) is 0 Å². The zero-order valence-corrected chi connectivity index (χ0v) is 14.6. The Hall–Kier alpha value is -2.37. The second-order valence-electron chi connectivity index (χ2n) is 7.16. The van der Waals surface area contributed by atoms with E-state index in [4.69, 9.17) is 0 Å². The minimum Gasteiger partial charge on any atom is -0.332 e. The van der Waals surface area contributed by atoms with E-state index in [1.807, 2.05) is 18.0 Å². The monoisotopic (exact) mass is 327 g/mol. The lowest BCUT2D eigenvalue weighted by atomic mass is 9.70. The second-order valence-corrected chi connectivity index (χ2v) is 7.16. The standard InChI is InChI=1S/C18H25N5O/c1-18(2)9-10-23(13-16(18)14-7-5-4-6-8-14)17(24)19-11-15-12-20-21-22(15)3/h4-8,12,16H,9-11,13H2,1-3H3,(H,19,24). The second kappa shape index (κ2) is 6.63. The summed E-state index contributed by atoms with van der Waals surface area (Å²) in [4.78, 5) is 14.5. The molecule has 2 amide bonds. The molecule has 0 spiro atoms. The number of aromatic nitrogens is 3. The Bertz CT molecular complexity index is 694. The molecule has 2 aromatic rings. The molecule has 0 saturated carbocycles. The van der Waals surface area contributed by atoms with Crippen molar-refractivity contribution in [3.05, 3.63) is 47.8 Å². The minimum atomic E-state index is -0.0207. The van der Waals surface area contributed by atoms with Gasteiger partial charge in [-0.05, 0) is 17.4 Å². The molecule has 0 aliphatic carbocycles. The Morgan fingerprint density at radius 3 is 2.75 bits per heavy atom. The topological polar surface area (TPSA) is 63.1 Å². The quantitative estimate of drug-likeness (QED) is 0.942. The summed E-state index contributed by atoms with van der Waals surface area (Å²) in [5.74, 6) is 0.344. The van der Waals surface area contributed by atoms with E-state index < -0.39 is 0 Å². The zero-order valence-electron chi connectivity index (χ0n) is 14.6. The van der Waals surface area contributed by atoms with E-state index in [0.29, 0.717) is 12.5 Å². The van der Waals surface area contributed by atoms with Gasteiger partial charge in [0.15, 0.2) is 0 Å². The van der Waals surface area contributed by atoms with Gasteiger partial charge in [0.05, 0.1) is 18.4 Å². The highest BCUT2D eigenvalue weighted by Crippen LogP contribution is 2.42. The van der Waals surface area contributed by atoms with Gasteiger partial charge in [0, 0.05) is 26.1 Å². The number of hydrogen-bond acceptors (Lipinski definition) is 3. The molecule has 1 unspecified atom stereocenters. The summed E-state index contributed by atoms with van der Waals surface area (Å²) in [5.41, 5.74) is 2.38. The van der Waals surface area contributed by atoms with Crippen molar-refractivity contribution in [1.82, 2.24) is 25.2 Å². The van der Waals surface area contributed by atoms with Crippen molar-refractivity contribution in [2.45, 2.75) is 32.7 Å². The van der Waals surface area contributed by atoms with E-state index >= 15 is 0 Å². The van der Waals surface area contributed by atoms with Crippen LogP contribution in [0.1, 0.15) is 37.4 Å². The first-order chi connectivity index (χ1) is 11.5. The van der Waals surface area contributed by atoms with Gasteiger partial charge in [-0.3, -0.25) is 4.68 Å². The SMILES string of the molecule is Cn1nncc1CNC(=O)N1CCC(C)(C)C(c2ccccc2)C1. The average molecular weight is 327 g/mol. The lowest BCUT2D eigenvalue weighted by Crippen LogP contribution is -2.49. The molecule has 2 heterocycles. The van der Waals surface area contributed by atoms with Crippen LogP contribution in [0, 0.1) is 5.41 Å². The van der Waals surface area contributed by atoms with Crippen LogP contribution in [0.15, 0.2) is 36.5 Å². The van der Waals surface area contributed by atoms with Crippen LogP contribution in [-0.4, -0.2) is 39.0 Å². The molecule has 1 saturated heterocycles. The summed E-state index contributed by atoms with van der Waals surface area (Å²) in [5, 5.41) is 10.7. The summed E-state index contributed by atoms with van der Waals surface area (Å²) in [6, 6.07) is 10.5. The number of piperidine rings is 1. The highest BCUT2D eigenvalue weighted by atomic mass is 16.2. The number of rotatable bonds is 3. The predicted octanol–water partition coefficient (Wildman–Crippen LogP) is 2.54. The number of amides is 2. The molecule has 3 rings (SSSR count). The van der Waals surface area contributed by atoms with Crippen LogP contribution < -0.4 is 5.32 Å². The predicted molar refractivity (Wildman–Crippen MR) is 92.4 cm³/mol. The van der Waals surface area contributed by atoms with Crippen LogP contribution in [0.5, 0.6) is 0 Å². The van der Waals surface area contributed by atoms with Crippen LogP contribution >= 0.6 is 0 Å². The van der Waals surface area contributed by atoms with Crippen LogP contribution in [0.4, 0.5) is 4.79 Å². The molecular weight excluding hydrogens is 302 g/mol. The Labute approximate surface area is 142 Å². The number of hydrogen-bond donors (Lipinski definition) is 1. The fourth-order valence-corrected chi connectivity index (χ4v) is 3.33. The highest BCUT2D eigenvalue weighted by Gasteiger charge is 2.37. The van der Waals surface area contributed by atoms with Gasteiger partial charge in [-0.1, -0.05) is 49.4 Å². The van der Waals surface area contributed by atoms with E-state index in [1.165, 1.54) is 5.56 Å². The number of nitrogens with zero attached hydrogens (tertiary/aromatic N) is 4. The van der Waals surface area contributed by atoms with Crippen molar-refractivity contribution in [1.29, 1.82) is 0 Å². The number of carbonyl (C=O) groups excluding carboxylic acids is 1. The molecule has 24 heavy (non-hydrogen) atoms. The summed E-state index contributed by atoms with van der Waals surface area (Å²) in [6.07, 6.45) is 2.67. The summed E-state index contributed by atoms with van der Waals surface area (Å²) >= 11 is 0. The molecule has 6 nitrogen and oxygen atoms in total. The molecule has 1 aliphatic heterocycles. The summed E-state index contributed by atoms with van der Waals surface area (Å²) < 4.78 is 1.67.